The first-order valence-corrected chi connectivity index (χ1v) is 8.18. The molecule has 1 aliphatic heterocycles. The van der Waals surface area contributed by atoms with Gasteiger partial charge in [0.15, 0.2) is 0 Å². The number of benzene rings is 1. The number of rotatable bonds is 2. The summed E-state index contributed by atoms with van der Waals surface area (Å²) >= 11 is 0. The number of aromatic amines is 1. The molecule has 3 aromatic rings. The van der Waals surface area contributed by atoms with Crippen LogP contribution in [-0.2, 0) is 0 Å². The van der Waals surface area contributed by atoms with E-state index in [2.05, 4.69) is 20.4 Å². The molecule has 128 valence electrons. The summed E-state index contributed by atoms with van der Waals surface area (Å²) in [6, 6.07) is 5.29. The highest BCUT2D eigenvalue weighted by atomic mass is 16.2. The van der Waals surface area contributed by atoms with E-state index in [1.54, 1.807) is 11.1 Å². The van der Waals surface area contributed by atoms with E-state index >= 15 is 0 Å². The molecular weight excluding hydrogens is 318 g/mol. The molecule has 5 N–H and O–H groups in total. The quantitative estimate of drug-likeness (QED) is 0.617. The normalized spacial score (nSPS) is 17.3. The molecule has 0 saturated carbocycles. The Hall–Kier alpha value is -3.16. The van der Waals surface area contributed by atoms with Gasteiger partial charge in [-0.1, -0.05) is 0 Å². The van der Waals surface area contributed by atoms with Crippen LogP contribution in [0.3, 0.4) is 0 Å². The zero-order valence-electron chi connectivity index (χ0n) is 13.9. The smallest absolute Gasteiger partial charge is 0.315 e. The number of nitrogens with zero attached hydrogens (tertiary/aromatic N) is 4. The van der Waals surface area contributed by atoms with Crippen LogP contribution in [0.5, 0.6) is 0 Å². The molecule has 2 amide bonds. The SMILES string of the molecule is Cc1[nH]ncc1-c1cc(N)c2nnc([C@@H]3CCCN3C(N)=O)cc2c1. The van der Waals surface area contributed by atoms with E-state index in [4.69, 9.17) is 11.5 Å². The molecule has 1 saturated heterocycles. The Bertz CT molecular complexity index is 965. The van der Waals surface area contributed by atoms with Gasteiger partial charge >= 0.3 is 6.03 Å². The lowest BCUT2D eigenvalue weighted by atomic mass is 10.0. The predicted octanol–water partition coefficient (Wildman–Crippen LogP) is 2.13. The minimum absolute atomic E-state index is 0.130. The lowest BCUT2D eigenvalue weighted by molar-refractivity contribution is 0.201. The van der Waals surface area contributed by atoms with Crippen LogP contribution < -0.4 is 11.5 Å². The average molecular weight is 337 g/mol. The fourth-order valence-electron chi connectivity index (χ4n) is 3.50. The Morgan fingerprint density at radius 1 is 1.32 bits per heavy atom. The zero-order chi connectivity index (χ0) is 17.6. The number of primary amides is 1. The highest BCUT2D eigenvalue weighted by molar-refractivity contribution is 5.94. The minimum atomic E-state index is -0.424. The van der Waals surface area contributed by atoms with Crippen LogP contribution in [-0.4, -0.2) is 37.9 Å². The number of aromatic nitrogens is 4. The van der Waals surface area contributed by atoms with Gasteiger partial charge in [0.05, 0.1) is 23.6 Å². The molecule has 0 bridgehead atoms. The van der Waals surface area contributed by atoms with E-state index < -0.39 is 6.03 Å². The van der Waals surface area contributed by atoms with Gasteiger partial charge in [0, 0.05) is 23.2 Å². The molecule has 8 heteroatoms. The molecule has 8 nitrogen and oxygen atoms in total. The number of carbonyl (C=O) groups excluding carboxylic acids is 1. The maximum absolute atomic E-state index is 11.6. The minimum Gasteiger partial charge on any atom is -0.397 e. The van der Waals surface area contributed by atoms with Crippen LogP contribution in [0.1, 0.15) is 30.3 Å². The number of likely N-dealkylation sites (tertiary alicyclic amines) is 1. The molecule has 25 heavy (non-hydrogen) atoms. The van der Waals surface area contributed by atoms with Gasteiger partial charge in [0.1, 0.15) is 5.52 Å². The lowest BCUT2D eigenvalue weighted by Gasteiger charge is -2.21. The number of aryl methyl sites for hydroxylation is 1. The Kier molecular flexibility index (Phi) is 3.52. The van der Waals surface area contributed by atoms with E-state index in [9.17, 15) is 4.79 Å². The van der Waals surface area contributed by atoms with Crippen molar-refractivity contribution >= 4 is 22.6 Å². The van der Waals surface area contributed by atoms with Crippen molar-refractivity contribution in [3.05, 3.63) is 35.8 Å². The maximum atomic E-state index is 11.6. The van der Waals surface area contributed by atoms with E-state index in [0.717, 1.165) is 40.7 Å². The van der Waals surface area contributed by atoms with Crippen molar-refractivity contribution in [1.29, 1.82) is 0 Å². The van der Waals surface area contributed by atoms with Gasteiger partial charge < -0.3 is 16.4 Å². The predicted molar refractivity (Wildman–Crippen MR) is 94.5 cm³/mol. The summed E-state index contributed by atoms with van der Waals surface area (Å²) in [6.07, 6.45) is 3.51. The molecular formula is C17H19N7O. The fourth-order valence-corrected chi connectivity index (χ4v) is 3.50. The number of nitrogens with one attached hydrogen (secondary N) is 1. The highest BCUT2D eigenvalue weighted by Crippen LogP contribution is 2.34. The molecule has 1 fully saturated rings. The molecule has 4 rings (SSSR count). The number of urea groups is 1. The van der Waals surface area contributed by atoms with E-state index in [-0.39, 0.29) is 6.04 Å². The Balaban J connectivity index is 1.82. The molecule has 0 unspecified atom stereocenters. The summed E-state index contributed by atoms with van der Waals surface area (Å²) in [5.41, 5.74) is 16.5. The summed E-state index contributed by atoms with van der Waals surface area (Å²) in [7, 11) is 0. The number of hydrogen-bond acceptors (Lipinski definition) is 5. The number of H-pyrrole nitrogens is 1. The van der Waals surface area contributed by atoms with Crippen molar-refractivity contribution in [2.45, 2.75) is 25.8 Å². The number of amides is 2. The van der Waals surface area contributed by atoms with Crippen LogP contribution in [0, 0.1) is 6.92 Å². The van der Waals surface area contributed by atoms with Crippen LogP contribution in [0.2, 0.25) is 0 Å². The lowest BCUT2D eigenvalue weighted by Crippen LogP contribution is -2.35. The van der Waals surface area contributed by atoms with Crippen molar-refractivity contribution < 1.29 is 4.79 Å². The Morgan fingerprint density at radius 3 is 2.88 bits per heavy atom. The molecule has 0 radical (unpaired) electrons. The van der Waals surface area contributed by atoms with Crippen molar-refractivity contribution in [3.63, 3.8) is 0 Å². The van der Waals surface area contributed by atoms with Crippen LogP contribution in [0.4, 0.5) is 10.5 Å². The van der Waals surface area contributed by atoms with Gasteiger partial charge in [-0.25, -0.2) is 4.79 Å². The number of hydrogen-bond donors (Lipinski definition) is 3. The number of anilines is 1. The summed E-state index contributed by atoms with van der Waals surface area (Å²) < 4.78 is 0. The average Bonchev–Trinajstić information content (AvgIpc) is 3.23. The Labute approximate surface area is 144 Å². The molecule has 1 atom stereocenters. The highest BCUT2D eigenvalue weighted by Gasteiger charge is 2.30. The summed E-state index contributed by atoms with van der Waals surface area (Å²) in [6.45, 7) is 2.61. The number of carbonyl (C=O) groups is 1. The second-order valence-electron chi connectivity index (χ2n) is 6.37. The maximum Gasteiger partial charge on any atom is 0.315 e. The van der Waals surface area contributed by atoms with Gasteiger partial charge in [-0.2, -0.15) is 10.2 Å². The second kappa shape index (κ2) is 5.73. The second-order valence-corrected chi connectivity index (χ2v) is 6.37. The number of nitrogen functional groups attached to an aromatic ring is 1. The van der Waals surface area contributed by atoms with E-state index in [0.29, 0.717) is 17.7 Å². The summed E-state index contributed by atoms with van der Waals surface area (Å²) in [5.74, 6) is 0. The molecule has 2 aromatic heterocycles. The third-order valence-electron chi connectivity index (χ3n) is 4.76. The van der Waals surface area contributed by atoms with Crippen molar-refractivity contribution in [1.82, 2.24) is 25.3 Å². The summed E-state index contributed by atoms with van der Waals surface area (Å²) in [5, 5.41) is 16.5. The Morgan fingerprint density at radius 2 is 2.16 bits per heavy atom. The third kappa shape index (κ3) is 2.55. The van der Waals surface area contributed by atoms with Crippen molar-refractivity contribution in [2.24, 2.45) is 5.73 Å². The first-order valence-electron chi connectivity index (χ1n) is 8.18. The number of fused-ring (bicyclic) bond motifs is 1. The summed E-state index contributed by atoms with van der Waals surface area (Å²) in [4.78, 5) is 13.3. The topological polar surface area (TPSA) is 127 Å². The first-order chi connectivity index (χ1) is 12.0. The molecule has 1 aromatic carbocycles. The van der Waals surface area contributed by atoms with Gasteiger partial charge in [0.2, 0.25) is 0 Å². The molecule has 3 heterocycles. The third-order valence-corrected chi connectivity index (χ3v) is 4.76. The van der Waals surface area contributed by atoms with Gasteiger partial charge in [-0.05, 0) is 43.5 Å². The van der Waals surface area contributed by atoms with E-state index in [1.807, 2.05) is 25.1 Å². The zero-order valence-corrected chi connectivity index (χ0v) is 13.9. The van der Waals surface area contributed by atoms with Gasteiger partial charge in [0.25, 0.3) is 0 Å². The van der Waals surface area contributed by atoms with Crippen molar-refractivity contribution in [3.8, 4) is 11.1 Å². The van der Waals surface area contributed by atoms with Gasteiger partial charge in [-0.15, -0.1) is 5.10 Å². The largest absolute Gasteiger partial charge is 0.397 e. The van der Waals surface area contributed by atoms with Crippen molar-refractivity contribution in [2.75, 3.05) is 12.3 Å². The monoisotopic (exact) mass is 337 g/mol. The van der Waals surface area contributed by atoms with Gasteiger partial charge in [-0.3, -0.25) is 5.10 Å². The van der Waals surface area contributed by atoms with E-state index in [1.165, 1.54) is 0 Å². The van der Waals surface area contributed by atoms with Crippen LogP contribution in [0.25, 0.3) is 22.0 Å². The first kappa shape index (κ1) is 15.4. The molecule has 0 spiro atoms. The number of nitrogens with two attached hydrogens (primary N) is 2. The van der Waals surface area contributed by atoms with Crippen LogP contribution in [0.15, 0.2) is 24.4 Å². The molecule has 0 aliphatic carbocycles. The fraction of sp³-hybridized carbons (Fsp3) is 0.294. The molecule has 1 aliphatic rings. The van der Waals surface area contributed by atoms with Crippen LogP contribution >= 0.6 is 0 Å². The standard InChI is InChI=1S/C17H19N7O/c1-9-12(8-20-21-9)10-5-11-7-14(22-23-16(11)13(18)6-10)15-3-2-4-24(15)17(19)25/h5-8,15H,2-4,18H2,1H3,(H2,19,25)(H,20,21)/t15-/m0/s1.